The molecule has 0 bridgehead atoms. The van der Waals surface area contributed by atoms with E-state index in [2.05, 4.69) is 57.1 Å². The molecule has 2 atom stereocenters. The average molecular weight is 542 g/mol. The van der Waals surface area contributed by atoms with Crippen LogP contribution in [0.4, 0.5) is 11.4 Å². The van der Waals surface area contributed by atoms with Crippen molar-refractivity contribution in [3.05, 3.63) is 102 Å². The van der Waals surface area contributed by atoms with Crippen LogP contribution in [0.3, 0.4) is 0 Å². The Morgan fingerprint density at radius 2 is 1.74 bits per heavy atom. The zero-order chi connectivity index (χ0) is 27.5. The molecule has 4 aromatic rings. The predicted octanol–water partition coefficient (Wildman–Crippen LogP) is 5.26. The lowest BCUT2D eigenvalue weighted by Gasteiger charge is -2.28. The third-order valence-electron chi connectivity index (χ3n) is 6.92. The molecule has 200 valence electrons. The van der Waals surface area contributed by atoms with E-state index >= 15 is 0 Å². The number of amides is 1. The second-order valence-corrected chi connectivity index (χ2v) is 9.77. The molecule has 39 heavy (non-hydrogen) atoms. The lowest BCUT2D eigenvalue weighted by atomic mass is 9.96. The van der Waals surface area contributed by atoms with Gasteiger partial charge in [-0.25, -0.2) is 0 Å². The van der Waals surface area contributed by atoms with Gasteiger partial charge in [0, 0.05) is 41.8 Å². The first-order valence-corrected chi connectivity index (χ1v) is 13.0. The van der Waals surface area contributed by atoms with E-state index in [1.807, 2.05) is 54.6 Å². The molecule has 2 aromatic heterocycles. The van der Waals surface area contributed by atoms with Gasteiger partial charge in [-0.3, -0.25) is 9.78 Å². The number of pyridine rings is 1. The minimum Gasteiger partial charge on any atom is -0.497 e. The minimum atomic E-state index is -0.206. The number of methoxy groups -OCH3 is 2. The van der Waals surface area contributed by atoms with Crippen molar-refractivity contribution in [1.82, 2.24) is 14.9 Å². The van der Waals surface area contributed by atoms with Crippen molar-refractivity contribution in [2.45, 2.75) is 25.9 Å². The van der Waals surface area contributed by atoms with E-state index in [0.717, 1.165) is 39.8 Å². The van der Waals surface area contributed by atoms with Crippen molar-refractivity contribution in [2.24, 2.45) is 0 Å². The normalized spacial score (nSPS) is 16.7. The highest BCUT2D eigenvalue weighted by atomic mass is 32.1. The summed E-state index contributed by atoms with van der Waals surface area (Å²) in [5.74, 6) is 0.609. The van der Waals surface area contributed by atoms with Crippen LogP contribution in [0.2, 0.25) is 0 Å². The average Bonchev–Trinajstić information content (AvgIpc) is 3.44. The zero-order valence-electron chi connectivity index (χ0n) is 22.3. The SMILES string of the molecule is COCC(=O)Nc1ccc(N2C(=S)N[C@H](c3ccccn3)[C@H]2c2cc(C)n(-c3ccc(OC)cc3)c2C)cc1. The van der Waals surface area contributed by atoms with Crippen LogP contribution in [-0.2, 0) is 9.53 Å². The van der Waals surface area contributed by atoms with Crippen LogP contribution in [0.5, 0.6) is 5.75 Å². The summed E-state index contributed by atoms with van der Waals surface area (Å²) in [6.45, 7) is 4.24. The number of nitrogens with zero attached hydrogens (tertiary/aromatic N) is 3. The highest BCUT2D eigenvalue weighted by Crippen LogP contribution is 2.44. The van der Waals surface area contributed by atoms with Crippen molar-refractivity contribution >= 4 is 34.6 Å². The molecule has 1 aliphatic rings. The molecule has 5 rings (SSSR count). The Labute approximate surface area is 233 Å². The number of rotatable bonds is 8. The Kier molecular flexibility index (Phi) is 7.63. The number of benzene rings is 2. The topological polar surface area (TPSA) is 80.7 Å². The third-order valence-corrected chi connectivity index (χ3v) is 7.24. The number of ether oxygens (including phenoxy) is 2. The predicted molar refractivity (Wildman–Crippen MR) is 157 cm³/mol. The van der Waals surface area contributed by atoms with Crippen molar-refractivity contribution in [2.75, 3.05) is 31.0 Å². The standard InChI is InChI=1S/C30H31N5O3S/c1-19-17-25(20(2)34(19)22-12-14-24(38-4)15-13-22)29-28(26-7-5-6-16-31-26)33-30(39)35(29)23-10-8-21(9-11-23)32-27(36)18-37-3/h5-17,28-29H,18H2,1-4H3,(H,32,36)(H,33,39)/t28-,29-/m1/s1. The van der Waals surface area contributed by atoms with E-state index in [9.17, 15) is 4.79 Å². The van der Waals surface area contributed by atoms with Crippen LogP contribution >= 0.6 is 12.2 Å². The number of carbonyl (C=O) groups excluding carboxylic acids is 1. The number of aromatic nitrogens is 2. The fourth-order valence-corrected chi connectivity index (χ4v) is 5.54. The van der Waals surface area contributed by atoms with Crippen molar-refractivity contribution < 1.29 is 14.3 Å². The van der Waals surface area contributed by atoms with Crippen molar-refractivity contribution in [3.8, 4) is 11.4 Å². The van der Waals surface area contributed by atoms with Gasteiger partial charge in [-0.05, 0) is 98.4 Å². The first kappa shape index (κ1) is 26.4. The molecule has 3 heterocycles. The fourth-order valence-electron chi connectivity index (χ4n) is 5.20. The second-order valence-electron chi connectivity index (χ2n) is 9.38. The lowest BCUT2D eigenvalue weighted by molar-refractivity contribution is -0.119. The molecule has 9 heteroatoms. The second kappa shape index (κ2) is 11.3. The van der Waals surface area contributed by atoms with E-state index in [-0.39, 0.29) is 24.6 Å². The van der Waals surface area contributed by atoms with Gasteiger partial charge in [0.25, 0.3) is 0 Å². The first-order chi connectivity index (χ1) is 18.9. The van der Waals surface area contributed by atoms with E-state index in [1.54, 1.807) is 13.3 Å². The quantitative estimate of drug-likeness (QED) is 0.295. The van der Waals surface area contributed by atoms with E-state index in [1.165, 1.54) is 7.11 Å². The smallest absolute Gasteiger partial charge is 0.250 e. The molecule has 0 spiro atoms. The molecule has 2 N–H and O–H groups in total. The number of thiocarbonyl (C=S) groups is 1. The van der Waals surface area contributed by atoms with Crippen LogP contribution in [0, 0.1) is 13.8 Å². The molecular weight excluding hydrogens is 510 g/mol. The number of aryl methyl sites for hydroxylation is 1. The first-order valence-electron chi connectivity index (χ1n) is 12.6. The summed E-state index contributed by atoms with van der Waals surface area (Å²) in [5, 5.41) is 6.98. The summed E-state index contributed by atoms with van der Waals surface area (Å²) in [6.07, 6.45) is 1.80. The van der Waals surface area contributed by atoms with E-state index in [4.69, 9.17) is 21.7 Å². The summed E-state index contributed by atoms with van der Waals surface area (Å²) in [4.78, 5) is 18.8. The maximum Gasteiger partial charge on any atom is 0.250 e. The maximum atomic E-state index is 12.0. The Balaban J connectivity index is 1.57. The molecular formula is C30H31N5O3S. The lowest BCUT2D eigenvalue weighted by Crippen LogP contribution is -2.29. The molecule has 0 radical (unpaired) electrons. The number of nitrogens with one attached hydrogen (secondary N) is 2. The van der Waals surface area contributed by atoms with Crippen molar-refractivity contribution in [3.63, 3.8) is 0 Å². The van der Waals surface area contributed by atoms with Gasteiger partial charge in [0.1, 0.15) is 12.4 Å². The number of carbonyl (C=O) groups is 1. The molecule has 0 saturated carbocycles. The van der Waals surface area contributed by atoms with Gasteiger partial charge in [-0.2, -0.15) is 0 Å². The Hall–Kier alpha value is -4.21. The molecule has 2 aromatic carbocycles. The largest absolute Gasteiger partial charge is 0.497 e. The number of hydrogen-bond donors (Lipinski definition) is 2. The maximum absolute atomic E-state index is 12.0. The minimum absolute atomic E-state index is 0.000471. The summed E-state index contributed by atoms with van der Waals surface area (Å²) < 4.78 is 12.5. The molecule has 1 fully saturated rings. The Bertz CT molecular complexity index is 1470. The van der Waals surface area contributed by atoms with Gasteiger partial charge in [0.15, 0.2) is 5.11 Å². The molecule has 1 amide bonds. The van der Waals surface area contributed by atoms with Gasteiger partial charge in [0.2, 0.25) is 5.91 Å². The van der Waals surface area contributed by atoms with Gasteiger partial charge >= 0.3 is 0 Å². The van der Waals surface area contributed by atoms with Crippen LogP contribution in [0.15, 0.2) is 79.0 Å². The van der Waals surface area contributed by atoms with Crippen LogP contribution in [0.25, 0.3) is 5.69 Å². The molecule has 1 saturated heterocycles. The zero-order valence-corrected chi connectivity index (χ0v) is 23.2. The van der Waals surface area contributed by atoms with Gasteiger partial charge < -0.3 is 29.6 Å². The van der Waals surface area contributed by atoms with Gasteiger partial charge in [-0.1, -0.05) is 6.07 Å². The fraction of sp³-hybridized carbons (Fsp3) is 0.233. The highest BCUT2D eigenvalue weighted by Gasteiger charge is 2.42. The Morgan fingerprint density at radius 1 is 1.03 bits per heavy atom. The highest BCUT2D eigenvalue weighted by molar-refractivity contribution is 7.80. The molecule has 8 nitrogen and oxygen atoms in total. The van der Waals surface area contributed by atoms with E-state index in [0.29, 0.717) is 10.8 Å². The number of hydrogen-bond acceptors (Lipinski definition) is 5. The van der Waals surface area contributed by atoms with Crippen LogP contribution < -0.4 is 20.3 Å². The Morgan fingerprint density at radius 3 is 2.38 bits per heavy atom. The van der Waals surface area contributed by atoms with Gasteiger partial charge in [0.05, 0.1) is 24.9 Å². The van der Waals surface area contributed by atoms with Crippen LogP contribution in [-0.4, -0.2) is 41.4 Å². The molecule has 1 aliphatic heterocycles. The van der Waals surface area contributed by atoms with E-state index < -0.39 is 0 Å². The number of anilines is 2. The summed E-state index contributed by atoms with van der Waals surface area (Å²) >= 11 is 5.90. The summed E-state index contributed by atoms with van der Waals surface area (Å²) in [7, 11) is 3.16. The van der Waals surface area contributed by atoms with Gasteiger partial charge in [-0.15, -0.1) is 0 Å². The summed E-state index contributed by atoms with van der Waals surface area (Å²) in [6, 6.07) is 23.6. The van der Waals surface area contributed by atoms with Crippen molar-refractivity contribution in [1.29, 1.82) is 0 Å². The molecule has 0 unspecified atom stereocenters. The monoisotopic (exact) mass is 541 g/mol. The van der Waals surface area contributed by atoms with Crippen LogP contribution in [0.1, 0.15) is 34.7 Å². The third kappa shape index (κ3) is 5.23. The summed E-state index contributed by atoms with van der Waals surface area (Å²) in [5.41, 5.74) is 6.94. The molecule has 0 aliphatic carbocycles.